The van der Waals surface area contributed by atoms with Crippen molar-refractivity contribution in [3.8, 4) is 0 Å². The fourth-order valence-electron chi connectivity index (χ4n) is 8.77. The molecule has 4 fully saturated rings. The minimum absolute atomic E-state index is 0.00960. The van der Waals surface area contributed by atoms with Crippen molar-refractivity contribution < 1.29 is 19.4 Å². The van der Waals surface area contributed by atoms with Crippen molar-refractivity contribution in [3.63, 3.8) is 0 Å². The number of fused-ring (bicyclic) bond motifs is 5. The second-order valence-electron chi connectivity index (χ2n) is 12.6. The Morgan fingerprint density at radius 3 is 2.45 bits per heavy atom. The largest absolute Gasteiger partial charge is 0.457 e. The fourth-order valence-corrected chi connectivity index (χ4v) is 8.77. The molecule has 0 radical (unpaired) electrons. The third-order valence-electron chi connectivity index (χ3n) is 10.7. The molecule has 0 aromatic carbocycles. The monoisotopic (exact) mass is 462 g/mol. The van der Waals surface area contributed by atoms with Crippen molar-refractivity contribution in [2.75, 3.05) is 13.2 Å². The molecule has 0 aromatic heterocycles. The van der Waals surface area contributed by atoms with E-state index in [2.05, 4.69) is 13.8 Å². The lowest BCUT2D eigenvalue weighted by atomic mass is 9.44. The lowest BCUT2D eigenvalue weighted by Gasteiger charge is -2.61. The van der Waals surface area contributed by atoms with Gasteiger partial charge in [-0.2, -0.15) is 0 Å². The standard InChI is InChI=1S/C27H46N2O4/c1-25(32)12-13-26(2)17(15-25)6-7-18-19-8-9-21(27(19,3)11-10-20(18)26)23(30)16-33-24(31)22(29)5-4-14-28/h17-22,32H,4-16,28-29H2,1-3H3/t17?,18-,19-,20?,21+,22?,25+,26-,27-/m0/s1. The number of nitrogens with two attached hydrogens (primary N) is 2. The molecule has 0 spiro atoms. The highest BCUT2D eigenvalue weighted by Gasteiger charge is 2.61. The van der Waals surface area contributed by atoms with E-state index in [1.54, 1.807) is 0 Å². The maximum Gasteiger partial charge on any atom is 0.323 e. The molecule has 6 nitrogen and oxygen atoms in total. The van der Waals surface area contributed by atoms with E-state index >= 15 is 0 Å². The Bertz CT molecular complexity index is 754. The zero-order valence-corrected chi connectivity index (χ0v) is 21.0. The molecule has 9 atom stereocenters. The zero-order chi connectivity index (χ0) is 24.0. The molecule has 0 aliphatic heterocycles. The van der Waals surface area contributed by atoms with E-state index in [4.69, 9.17) is 16.2 Å². The van der Waals surface area contributed by atoms with E-state index in [0.717, 1.165) is 38.5 Å². The summed E-state index contributed by atoms with van der Waals surface area (Å²) in [7, 11) is 0. The fraction of sp³-hybridized carbons (Fsp3) is 0.926. The molecule has 0 heterocycles. The van der Waals surface area contributed by atoms with Crippen molar-refractivity contribution in [2.45, 2.75) is 103 Å². The van der Waals surface area contributed by atoms with Crippen LogP contribution in [0.15, 0.2) is 0 Å². The summed E-state index contributed by atoms with van der Waals surface area (Å²) in [6.07, 6.45) is 10.9. The highest BCUT2D eigenvalue weighted by Crippen LogP contribution is 2.68. The van der Waals surface area contributed by atoms with Crippen LogP contribution in [0.5, 0.6) is 0 Å². The van der Waals surface area contributed by atoms with Gasteiger partial charge in [-0.15, -0.1) is 0 Å². The van der Waals surface area contributed by atoms with Crippen LogP contribution in [-0.2, 0) is 14.3 Å². The van der Waals surface area contributed by atoms with Gasteiger partial charge in [0.15, 0.2) is 5.78 Å². The van der Waals surface area contributed by atoms with Crippen LogP contribution in [0.2, 0.25) is 0 Å². The number of hydrogen-bond acceptors (Lipinski definition) is 6. The molecule has 188 valence electrons. The van der Waals surface area contributed by atoms with Crippen LogP contribution < -0.4 is 11.5 Å². The summed E-state index contributed by atoms with van der Waals surface area (Å²) in [6.45, 7) is 7.19. The lowest BCUT2D eigenvalue weighted by Crippen LogP contribution is -2.55. The van der Waals surface area contributed by atoms with Crippen molar-refractivity contribution in [3.05, 3.63) is 0 Å². The molecular weight excluding hydrogens is 416 g/mol. The van der Waals surface area contributed by atoms with Gasteiger partial charge in [0.25, 0.3) is 0 Å². The Kier molecular flexibility index (Phi) is 7.03. The van der Waals surface area contributed by atoms with Crippen LogP contribution >= 0.6 is 0 Å². The van der Waals surface area contributed by atoms with E-state index in [9.17, 15) is 14.7 Å². The molecule has 0 saturated heterocycles. The van der Waals surface area contributed by atoms with Crippen molar-refractivity contribution in [2.24, 2.45) is 51.9 Å². The Balaban J connectivity index is 1.40. The Morgan fingerprint density at radius 1 is 1.00 bits per heavy atom. The lowest BCUT2D eigenvalue weighted by molar-refractivity contribution is -0.157. The molecule has 4 rings (SSSR count). The summed E-state index contributed by atoms with van der Waals surface area (Å²) in [5.41, 5.74) is 11.2. The topological polar surface area (TPSA) is 116 Å². The van der Waals surface area contributed by atoms with E-state index in [-0.39, 0.29) is 23.7 Å². The minimum Gasteiger partial charge on any atom is -0.457 e. The zero-order valence-electron chi connectivity index (χ0n) is 21.0. The number of ether oxygens (including phenoxy) is 1. The molecule has 6 heteroatoms. The number of ketones is 1. The predicted molar refractivity (Wildman–Crippen MR) is 128 cm³/mol. The smallest absolute Gasteiger partial charge is 0.323 e. The molecule has 0 aromatic rings. The predicted octanol–water partition coefficient (Wildman–Crippen LogP) is 3.57. The molecule has 0 amide bonds. The van der Waals surface area contributed by atoms with Gasteiger partial charge in [0.2, 0.25) is 0 Å². The third kappa shape index (κ3) is 4.52. The van der Waals surface area contributed by atoms with Crippen molar-refractivity contribution in [1.82, 2.24) is 0 Å². The second kappa shape index (κ2) is 9.23. The summed E-state index contributed by atoms with van der Waals surface area (Å²) in [5, 5.41) is 10.7. The summed E-state index contributed by atoms with van der Waals surface area (Å²) in [6, 6.07) is -0.698. The van der Waals surface area contributed by atoms with Crippen molar-refractivity contribution in [1.29, 1.82) is 0 Å². The SMILES string of the molecule is C[C@@]1(O)CC[C@@]2(C)C(CC[C@@H]3C2CC[C@]2(C)[C@@H](C(=O)COC(=O)C(N)CCCN)CC[C@@H]32)C1. The number of carbonyl (C=O) groups is 2. The van der Waals surface area contributed by atoms with Gasteiger partial charge < -0.3 is 21.3 Å². The van der Waals surface area contributed by atoms with Gasteiger partial charge >= 0.3 is 5.97 Å². The van der Waals surface area contributed by atoms with E-state index in [1.165, 1.54) is 19.3 Å². The quantitative estimate of drug-likeness (QED) is 0.498. The summed E-state index contributed by atoms with van der Waals surface area (Å²) in [4.78, 5) is 25.4. The van der Waals surface area contributed by atoms with E-state index in [0.29, 0.717) is 48.5 Å². The van der Waals surface area contributed by atoms with Crippen LogP contribution in [-0.4, -0.2) is 41.7 Å². The highest BCUT2D eigenvalue weighted by molar-refractivity contribution is 5.86. The third-order valence-corrected chi connectivity index (χ3v) is 10.7. The first-order valence-electron chi connectivity index (χ1n) is 13.4. The first-order valence-corrected chi connectivity index (χ1v) is 13.4. The first kappa shape index (κ1) is 25.1. The molecule has 4 aliphatic rings. The molecule has 33 heavy (non-hydrogen) atoms. The normalized spacial score (nSPS) is 45.5. The average Bonchev–Trinajstić information content (AvgIpc) is 3.13. The van der Waals surface area contributed by atoms with Gasteiger partial charge in [0, 0.05) is 5.92 Å². The minimum atomic E-state index is -0.698. The molecular formula is C27H46N2O4. The number of carbonyl (C=O) groups excluding carboxylic acids is 2. The van der Waals surface area contributed by atoms with E-state index in [1.807, 2.05) is 6.92 Å². The Labute approximate surface area is 199 Å². The summed E-state index contributed by atoms with van der Waals surface area (Å²) < 4.78 is 5.33. The van der Waals surface area contributed by atoms with Crippen LogP contribution in [0, 0.1) is 40.4 Å². The molecule has 5 N–H and O–H groups in total. The van der Waals surface area contributed by atoms with Crippen LogP contribution in [0.25, 0.3) is 0 Å². The first-order chi connectivity index (χ1) is 15.5. The number of esters is 1. The molecule has 4 aliphatic carbocycles. The molecule has 3 unspecified atom stereocenters. The number of hydrogen-bond donors (Lipinski definition) is 3. The highest BCUT2D eigenvalue weighted by atomic mass is 16.5. The van der Waals surface area contributed by atoms with Gasteiger partial charge in [-0.3, -0.25) is 9.59 Å². The maximum absolute atomic E-state index is 13.2. The van der Waals surface area contributed by atoms with Crippen molar-refractivity contribution >= 4 is 11.8 Å². The Hall–Kier alpha value is -0.980. The van der Waals surface area contributed by atoms with Gasteiger partial charge in [0.1, 0.15) is 12.6 Å². The number of rotatable bonds is 7. The molecule has 0 bridgehead atoms. The second-order valence-corrected chi connectivity index (χ2v) is 12.6. The summed E-state index contributed by atoms with van der Waals surface area (Å²) >= 11 is 0. The van der Waals surface area contributed by atoms with Crippen LogP contribution in [0.4, 0.5) is 0 Å². The van der Waals surface area contributed by atoms with E-state index < -0.39 is 17.6 Å². The number of aliphatic hydroxyl groups is 1. The van der Waals surface area contributed by atoms with Gasteiger partial charge in [-0.1, -0.05) is 13.8 Å². The van der Waals surface area contributed by atoms with Crippen LogP contribution in [0.3, 0.4) is 0 Å². The van der Waals surface area contributed by atoms with Gasteiger partial charge in [-0.05, 0) is 119 Å². The van der Waals surface area contributed by atoms with Gasteiger partial charge in [-0.25, -0.2) is 0 Å². The average molecular weight is 463 g/mol. The Morgan fingerprint density at radius 2 is 1.73 bits per heavy atom. The van der Waals surface area contributed by atoms with Crippen LogP contribution in [0.1, 0.15) is 91.4 Å². The van der Waals surface area contributed by atoms with Gasteiger partial charge in [0.05, 0.1) is 5.60 Å². The maximum atomic E-state index is 13.2. The molecule has 4 saturated carbocycles. The summed E-state index contributed by atoms with van der Waals surface area (Å²) in [5.74, 6) is 2.15. The number of Topliss-reactive ketones (excluding diaryl/α,β-unsaturated/α-hetero) is 1.